The summed E-state index contributed by atoms with van der Waals surface area (Å²) in [5.74, 6) is 0.588. The number of hydrogen-bond donors (Lipinski definition) is 1. The van der Waals surface area contributed by atoms with Gasteiger partial charge in [0.25, 0.3) is 0 Å². The van der Waals surface area contributed by atoms with E-state index < -0.39 is 5.97 Å². The molecule has 0 unspecified atom stereocenters. The predicted molar refractivity (Wildman–Crippen MR) is 34.1 cm³/mol. The third kappa shape index (κ3) is 1.70. The van der Waals surface area contributed by atoms with Gasteiger partial charge in [-0.3, -0.25) is 4.79 Å². The number of rotatable bonds is 3. The van der Waals surface area contributed by atoms with Crippen molar-refractivity contribution in [3.8, 4) is 0 Å². The summed E-state index contributed by atoms with van der Waals surface area (Å²) in [6.07, 6.45) is 2.68. The summed E-state index contributed by atoms with van der Waals surface area (Å²) < 4.78 is 0. The van der Waals surface area contributed by atoms with Gasteiger partial charge >= 0.3 is 5.97 Å². The summed E-state index contributed by atoms with van der Waals surface area (Å²) >= 11 is 0. The van der Waals surface area contributed by atoms with Crippen LogP contribution >= 0.6 is 0 Å². The molecule has 2 nitrogen and oxygen atoms in total. The molecule has 0 aliphatic heterocycles. The van der Waals surface area contributed by atoms with Crippen molar-refractivity contribution in [2.75, 3.05) is 0 Å². The molecule has 2 atom stereocenters. The van der Waals surface area contributed by atoms with Crippen LogP contribution in [0.1, 0.15) is 26.2 Å². The Morgan fingerprint density at radius 3 is 2.67 bits per heavy atom. The van der Waals surface area contributed by atoms with Gasteiger partial charge in [0, 0.05) is 6.42 Å². The minimum atomic E-state index is -0.643. The molecule has 0 heterocycles. The number of hydrogen-bond acceptors (Lipinski definition) is 1. The normalized spacial score (nSPS) is 32.1. The zero-order chi connectivity index (χ0) is 6.85. The first kappa shape index (κ1) is 6.59. The number of carboxylic acids is 1. The number of carboxylic acid groups (broad SMARTS) is 1. The minimum absolute atomic E-state index is 0.387. The maximum absolute atomic E-state index is 10.1. The van der Waals surface area contributed by atoms with Crippen LogP contribution in [0.5, 0.6) is 0 Å². The SMILES string of the molecule is CC[C@@H]1C[C@@H]1CC(=O)O. The molecular formula is C7H12O2. The van der Waals surface area contributed by atoms with E-state index in [1.54, 1.807) is 0 Å². The monoisotopic (exact) mass is 128 g/mol. The summed E-state index contributed by atoms with van der Waals surface area (Å²) in [6, 6.07) is 0. The Labute approximate surface area is 54.9 Å². The Bertz CT molecular complexity index is 120. The van der Waals surface area contributed by atoms with Crippen molar-refractivity contribution in [3.63, 3.8) is 0 Å². The fraction of sp³-hybridized carbons (Fsp3) is 0.857. The highest BCUT2D eigenvalue weighted by atomic mass is 16.4. The molecule has 0 aromatic heterocycles. The lowest BCUT2D eigenvalue weighted by molar-refractivity contribution is -0.137. The second-order valence-electron chi connectivity index (χ2n) is 2.76. The molecule has 0 bridgehead atoms. The van der Waals surface area contributed by atoms with E-state index in [9.17, 15) is 4.79 Å². The molecule has 0 aromatic carbocycles. The van der Waals surface area contributed by atoms with E-state index in [2.05, 4.69) is 6.92 Å². The van der Waals surface area contributed by atoms with Crippen molar-refractivity contribution in [2.24, 2.45) is 11.8 Å². The van der Waals surface area contributed by atoms with Gasteiger partial charge in [0.1, 0.15) is 0 Å². The molecule has 1 saturated carbocycles. The highest BCUT2D eigenvalue weighted by Crippen LogP contribution is 2.43. The van der Waals surface area contributed by atoms with Crippen molar-refractivity contribution in [1.82, 2.24) is 0 Å². The van der Waals surface area contributed by atoms with Crippen molar-refractivity contribution in [2.45, 2.75) is 26.2 Å². The smallest absolute Gasteiger partial charge is 0.303 e. The Morgan fingerprint density at radius 2 is 2.33 bits per heavy atom. The first-order chi connectivity index (χ1) is 4.24. The van der Waals surface area contributed by atoms with E-state index in [0.29, 0.717) is 12.3 Å². The molecule has 0 radical (unpaired) electrons. The minimum Gasteiger partial charge on any atom is -0.481 e. The standard InChI is InChI=1S/C7H12O2/c1-2-5-3-6(5)4-7(8)9/h5-6H,2-4H2,1H3,(H,8,9)/t5-,6-/m1/s1. The van der Waals surface area contributed by atoms with Crippen LogP contribution in [0.3, 0.4) is 0 Å². The average molecular weight is 128 g/mol. The van der Waals surface area contributed by atoms with Gasteiger partial charge in [-0.1, -0.05) is 13.3 Å². The maximum Gasteiger partial charge on any atom is 0.303 e. The van der Waals surface area contributed by atoms with Gasteiger partial charge in [0.15, 0.2) is 0 Å². The molecule has 1 N–H and O–H groups in total. The molecule has 0 aromatic rings. The zero-order valence-corrected chi connectivity index (χ0v) is 5.63. The van der Waals surface area contributed by atoms with E-state index >= 15 is 0 Å². The van der Waals surface area contributed by atoms with Gasteiger partial charge in [0.05, 0.1) is 0 Å². The Balaban J connectivity index is 2.12. The Hall–Kier alpha value is -0.530. The van der Waals surface area contributed by atoms with Crippen LogP contribution in [0, 0.1) is 11.8 Å². The number of aliphatic carboxylic acids is 1. The van der Waals surface area contributed by atoms with Gasteiger partial charge in [-0.25, -0.2) is 0 Å². The van der Waals surface area contributed by atoms with Gasteiger partial charge in [0.2, 0.25) is 0 Å². The van der Waals surface area contributed by atoms with E-state index in [0.717, 1.165) is 18.8 Å². The third-order valence-electron chi connectivity index (χ3n) is 2.03. The predicted octanol–water partition coefficient (Wildman–Crippen LogP) is 1.51. The van der Waals surface area contributed by atoms with Crippen LogP contribution in [0.15, 0.2) is 0 Å². The van der Waals surface area contributed by atoms with E-state index in [1.165, 1.54) is 0 Å². The molecule has 2 heteroatoms. The highest BCUT2D eigenvalue weighted by Gasteiger charge is 2.36. The second kappa shape index (κ2) is 2.38. The molecule has 0 saturated heterocycles. The first-order valence-electron chi connectivity index (χ1n) is 3.45. The zero-order valence-electron chi connectivity index (χ0n) is 5.63. The summed E-state index contributed by atoms with van der Waals surface area (Å²) in [5.41, 5.74) is 0. The summed E-state index contributed by atoms with van der Waals surface area (Å²) in [7, 11) is 0. The van der Waals surface area contributed by atoms with Crippen molar-refractivity contribution < 1.29 is 9.90 Å². The molecule has 1 rings (SSSR count). The lowest BCUT2D eigenvalue weighted by Crippen LogP contribution is -1.96. The Morgan fingerprint density at radius 1 is 1.67 bits per heavy atom. The molecule has 1 aliphatic carbocycles. The van der Waals surface area contributed by atoms with Gasteiger partial charge in [-0.2, -0.15) is 0 Å². The molecule has 9 heavy (non-hydrogen) atoms. The largest absolute Gasteiger partial charge is 0.481 e. The molecule has 52 valence electrons. The van der Waals surface area contributed by atoms with Crippen LogP contribution in [-0.4, -0.2) is 11.1 Å². The van der Waals surface area contributed by atoms with Crippen molar-refractivity contribution >= 4 is 5.97 Å². The second-order valence-corrected chi connectivity index (χ2v) is 2.76. The van der Waals surface area contributed by atoms with E-state index in [1.807, 2.05) is 0 Å². The summed E-state index contributed by atoms with van der Waals surface area (Å²) in [5, 5.41) is 8.34. The molecule has 0 amide bonds. The topological polar surface area (TPSA) is 37.3 Å². The van der Waals surface area contributed by atoms with Gasteiger partial charge in [-0.05, 0) is 18.3 Å². The maximum atomic E-state index is 10.1. The third-order valence-corrected chi connectivity index (χ3v) is 2.03. The van der Waals surface area contributed by atoms with Gasteiger partial charge in [-0.15, -0.1) is 0 Å². The van der Waals surface area contributed by atoms with Crippen LogP contribution in [0.25, 0.3) is 0 Å². The molecule has 0 spiro atoms. The van der Waals surface area contributed by atoms with Crippen LogP contribution in [-0.2, 0) is 4.79 Å². The fourth-order valence-corrected chi connectivity index (χ4v) is 1.28. The van der Waals surface area contributed by atoms with E-state index in [4.69, 9.17) is 5.11 Å². The lowest BCUT2D eigenvalue weighted by atomic mass is 10.2. The van der Waals surface area contributed by atoms with Crippen LogP contribution < -0.4 is 0 Å². The molecule has 1 fully saturated rings. The Kier molecular flexibility index (Phi) is 1.74. The van der Waals surface area contributed by atoms with Crippen LogP contribution in [0.2, 0.25) is 0 Å². The quantitative estimate of drug-likeness (QED) is 0.625. The van der Waals surface area contributed by atoms with Crippen molar-refractivity contribution in [3.05, 3.63) is 0 Å². The van der Waals surface area contributed by atoms with Crippen molar-refractivity contribution in [1.29, 1.82) is 0 Å². The van der Waals surface area contributed by atoms with E-state index in [-0.39, 0.29) is 0 Å². The van der Waals surface area contributed by atoms with Crippen LogP contribution in [0.4, 0.5) is 0 Å². The molecular weight excluding hydrogens is 116 g/mol. The lowest BCUT2D eigenvalue weighted by Gasteiger charge is -1.89. The average Bonchev–Trinajstić information content (AvgIpc) is 2.45. The summed E-state index contributed by atoms with van der Waals surface area (Å²) in [4.78, 5) is 10.1. The number of carbonyl (C=O) groups is 1. The first-order valence-corrected chi connectivity index (χ1v) is 3.45. The van der Waals surface area contributed by atoms with Gasteiger partial charge < -0.3 is 5.11 Å². The fourth-order valence-electron chi connectivity index (χ4n) is 1.28. The summed E-state index contributed by atoms with van der Waals surface area (Å²) in [6.45, 7) is 2.12. The molecule has 1 aliphatic rings. The highest BCUT2D eigenvalue weighted by molar-refractivity contribution is 5.67.